The second-order valence-corrected chi connectivity index (χ2v) is 8.21. The van der Waals surface area contributed by atoms with Crippen LogP contribution in [0.15, 0.2) is 83.8 Å². The molecule has 9 nitrogen and oxygen atoms in total. The number of nitro benzene ring substituents is 1. The highest BCUT2D eigenvalue weighted by molar-refractivity contribution is 7.89. The number of carbonyl (C=O) groups excluding carboxylic acids is 1. The minimum absolute atomic E-state index is 0.0344. The molecule has 0 aliphatic carbocycles. The quantitative estimate of drug-likeness (QED) is 0.266. The highest BCUT2D eigenvalue weighted by Gasteiger charge is 2.17. The summed E-state index contributed by atoms with van der Waals surface area (Å²) in [6, 6.07) is 21.1. The third-order valence-electron chi connectivity index (χ3n) is 4.27. The number of sulfonamides is 1. The van der Waals surface area contributed by atoms with Crippen molar-refractivity contribution in [1.29, 1.82) is 0 Å². The Kier molecular flexibility index (Phi) is 6.96. The smallest absolute Gasteiger partial charge is 0.270 e. The number of para-hydroxylation sites is 2. The summed E-state index contributed by atoms with van der Waals surface area (Å²) in [4.78, 5) is 22.5. The van der Waals surface area contributed by atoms with Gasteiger partial charge in [0.1, 0.15) is 0 Å². The van der Waals surface area contributed by atoms with Crippen LogP contribution in [0.25, 0.3) is 0 Å². The normalized spacial score (nSPS) is 11.0. The Morgan fingerprint density at radius 3 is 2.35 bits per heavy atom. The van der Waals surface area contributed by atoms with Crippen molar-refractivity contribution in [3.8, 4) is 0 Å². The van der Waals surface area contributed by atoms with Crippen LogP contribution in [-0.4, -0.2) is 32.3 Å². The third kappa shape index (κ3) is 5.87. The summed E-state index contributed by atoms with van der Waals surface area (Å²) in [5.74, 6) is -0.367. The molecule has 0 aromatic heterocycles. The van der Waals surface area contributed by atoms with Gasteiger partial charge in [-0.2, -0.15) is 0 Å². The van der Waals surface area contributed by atoms with Crippen LogP contribution < -0.4 is 15.4 Å². The fraction of sp³-hybridized carbons (Fsp3) is 0.0952. The van der Waals surface area contributed by atoms with Crippen molar-refractivity contribution in [1.82, 2.24) is 10.0 Å². The zero-order valence-corrected chi connectivity index (χ0v) is 17.1. The first-order chi connectivity index (χ1) is 14.9. The van der Waals surface area contributed by atoms with Crippen LogP contribution in [0.2, 0.25) is 0 Å². The Hall–Kier alpha value is -3.76. The first-order valence-corrected chi connectivity index (χ1v) is 10.8. The molecule has 0 atom stereocenters. The van der Waals surface area contributed by atoms with Crippen LogP contribution in [0.5, 0.6) is 0 Å². The van der Waals surface area contributed by atoms with Gasteiger partial charge in [-0.1, -0.05) is 36.4 Å². The van der Waals surface area contributed by atoms with Gasteiger partial charge in [0.2, 0.25) is 10.0 Å². The molecule has 3 aromatic rings. The van der Waals surface area contributed by atoms with Gasteiger partial charge in [0.15, 0.2) is 0 Å². The minimum Gasteiger partial charge on any atom is -0.355 e. The highest BCUT2D eigenvalue weighted by atomic mass is 32.2. The maximum atomic E-state index is 12.6. The number of nitro groups is 1. The largest absolute Gasteiger partial charge is 0.355 e. The Labute approximate surface area is 179 Å². The molecule has 160 valence electrons. The number of hydrogen-bond donors (Lipinski definition) is 3. The molecule has 1 amide bonds. The average Bonchev–Trinajstić information content (AvgIpc) is 2.78. The number of nitrogens with one attached hydrogen (secondary N) is 3. The van der Waals surface area contributed by atoms with Gasteiger partial charge in [-0.25, -0.2) is 13.1 Å². The SMILES string of the molecule is O=C(NCCNS(=O)(=O)c1cccc([N+](=O)[O-])c1)c1ccccc1Nc1ccccc1. The predicted octanol–water partition coefficient (Wildman–Crippen LogP) is 3.05. The van der Waals surface area contributed by atoms with E-state index in [1.54, 1.807) is 24.3 Å². The molecule has 0 aliphatic rings. The van der Waals surface area contributed by atoms with Crippen molar-refractivity contribution >= 4 is 33.0 Å². The van der Waals surface area contributed by atoms with E-state index in [2.05, 4.69) is 15.4 Å². The van der Waals surface area contributed by atoms with Gasteiger partial charge in [0.05, 0.1) is 21.1 Å². The highest BCUT2D eigenvalue weighted by Crippen LogP contribution is 2.20. The summed E-state index contributed by atoms with van der Waals surface area (Å²) < 4.78 is 27.0. The number of anilines is 2. The Morgan fingerprint density at radius 2 is 1.61 bits per heavy atom. The number of nitrogens with zero attached hydrogens (tertiary/aromatic N) is 1. The summed E-state index contributed by atoms with van der Waals surface area (Å²) in [5, 5.41) is 16.7. The van der Waals surface area contributed by atoms with Crippen LogP contribution in [0, 0.1) is 10.1 Å². The summed E-state index contributed by atoms with van der Waals surface area (Å²) in [6.07, 6.45) is 0. The maximum Gasteiger partial charge on any atom is 0.270 e. The van der Waals surface area contributed by atoms with Gasteiger partial charge < -0.3 is 10.6 Å². The van der Waals surface area contributed by atoms with Crippen molar-refractivity contribution in [2.75, 3.05) is 18.4 Å². The molecule has 0 bridgehead atoms. The lowest BCUT2D eigenvalue weighted by Gasteiger charge is -2.12. The molecule has 3 N–H and O–H groups in total. The molecule has 0 radical (unpaired) electrons. The molecular formula is C21H20N4O5S. The molecule has 0 fully saturated rings. The first-order valence-electron chi connectivity index (χ1n) is 9.30. The van der Waals surface area contributed by atoms with Crippen molar-refractivity contribution < 1.29 is 18.1 Å². The zero-order valence-electron chi connectivity index (χ0n) is 16.3. The van der Waals surface area contributed by atoms with Crippen molar-refractivity contribution in [2.24, 2.45) is 0 Å². The Balaban J connectivity index is 1.58. The third-order valence-corrected chi connectivity index (χ3v) is 5.72. The molecule has 0 unspecified atom stereocenters. The number of non-ortho nitro benzene ring substituents is 1. The molecule has 0 spiro atoms. The van der Waals surface area contributed by atoms with Gasteiger partial charge in [0.25, 0.3) is 11.6 Å². The fourth-order valence-electron chi connectivity index (χ4n) is 2.77. The molecule has 3 aromatic carbocycles. The average molecular weight is 440 g/mol. The van der Waals surface area contributed by atoms with E-state index >= 15 is 0 Å². The Bertz CT molecular complexity index is 1180. The zero-order chi connectivity index (χ0) is 22.3. The van der Waals surface area contributed by atoms with Crippen molar-refractivity contribution in [2.45, 2.75) is 4.90 Å². The van der Waals surface area contributed by atoms with E-state index in [0.29, 0.717) is 11.3 Å². The van der Waals surface area contributed by atoms with E-state index in [9.17, 15) is 23.3 Å². The molecule has 0 saturated carbocycles. The van der Waals surface area contributed by atoms with Crippen LogP contribution in [0.3, 0.4) is 0 Å². The van der Waals surface area contributed by atoms with Crippen molar-refractivity contribution in [3.63, 3.8) is 0 Å². The standard InChI is InChI=1S/C21H20N4O5S/c26-21(19-11-4-5-12-20(19)24-16-7-2-1-3-8-16)22-13-14-23-31(29,30)18-10-6-9-17(15-18)25(27)28/h1-12,15,23-24H,13-14H2,(H,22,26). The Morgan fingerprint density at radius 1 is 0.903 bits per heavy atom. The number of hydrogen-bond acceptors (Lipinski definition) is 6. The topological polar surface area (TPSA) is 130 Å². The summed E-state index contributed by atoms with van der Waals surface area (Å²) in [5.41, 5.74) is 1.53. The summed E-state index contributed by atoms with van der Waals surface area (Å²) in [6.45, 7) is -0.0439. The number of benzene rings is 3. The van der Waals surface area contributed by atoms with Crippen LogP contribution >= 0.6 is 0 Å². The molecule has 0 heterocycles. The number of carbonyl (C=O) groups is 1. The van der Waals surface area contributed by atoms with Gasteiger partial charge >= 0.3 is 0 Å². The fourth-order valence-corrected chi connectivity index (χ4v) is 3.84. The lowest BCUT2D eigenvalue weighted by molar-refractivity contribution is -0.385. The molecular weight excluding hydrogens is 420 g/mol. The van der Waals surface area contributed by atoms with Gasteiger partial charge in [-0.3, -0.25) is 14.9 Å². The second kappa shape index (κ2) is 9.83. The summed E-state index contributed by atoms with van der Waals surface area (Å²) >= 11 is 0. The van der Waals surface area contributed by atoms with E-state index in [-0.39, 0.29) is 29.6 Å². The first kappa shape index (κ1) is 21.9. The summed E-state index contributed by atoms with van der Waals surface area (Å²) in [7, 11) is -3.95. The monoisotopic (exact) mass is 440 g/mol. The lowest BCUT2D eigenvalue weighted by Crippen LogP contribution is -2.34. The van der Waals surface area contributed by atoms with E-state index in [1.165, 1.54) is 18.2 Å². The van der Waals surface area contributed by atoms with E-state index in [0.717, 1.165) is 11.8 Å². The number of amides is 1. The van der Waals surface area contributed by atoms with Gasteiger partial charge in [0, 0.05) is 30.9 Å². The van der Waals surface area contributed by atoms with E-state index < -0.39 is 14.9 Å². The predicted molar refractivity (Wildman–Crippen MR) is 117 cm³/mol. The van der Waals surface area contributed by atoms with Crippen LogP contribution in [0.1, 0.15) is 10.4 Å². The maximum absolute atomic E-state index is 12.6. The minimum atomic E-state index is -3.95. The van der Waals surface area contributed by atoms with Crippen molar-refractivity contribution in [3.05, 3.63) is 94.5 Å². The van der Waals surface area contributed by atoms with Crippen LogP contribution in [0.4, 0.5) is 17.1 Å². The van der Waals surface area contributed by atoms with E-state index in [4.69, 9.17) is 0 Å². The molecule has 10 heteroatoms. The number of rotatable bonds is 9. The lowest BCUT2D eigenvalue weighted by atomic mass is 10.1. The molecule has 31 heavy (non-hydrogen) atoms. The van der Waals surface area contributed by atoms with Gasteiger partial charge in [-0.15, -0.1) is 0 Å². The van der Waals surface area contributed by atoms with E-state index in [1.807, 2.05) is 30.3 Å². The molecule has 3 rings (SSSR count). The molecule has 0 saturated heterocycles. The molecule has 0 aliphatic heterocycles. The second-order valence-electron chi connectivity index (χ2n) is 6.44. The van der Waals surface area contributed by atoms with Crippen LogP contribution in [-0.2, 0) is 10.0 Å². The van der Waals surface area contributed by atoms with Gasteiger partial charge in [-0.05, 0) is 30.3 Å².